The van der Waals surface area contributed by atoms with Gasteiger partial charge in [-0.1, -0.05) is 30.3 Å². The summed E-state index contributed by atoms with van der Waals surface area (Å²) in [6, 6.07) is 21.8. The van der Waals surface area contributed by atoms with E-state index < -0.39 is 0 Å². The molecule has 0 fully saturated rings. The van der Waals surface area contributed by atoms with E-state index >= 15 is 0 Å². The molecular weight excluding hydrogens is 340 g/mol. The number of carbonyl (C=O) groups excluding carboxylic acids is 1. The second-order valence-electron chi connectivity index (χ2n) is 6.29. The van der Waals surface area contributed by atoms with Gasteiger partial charge in [-0.2, -0.15) is 0 Å². The molecule has 0 aliphatic carbocycles. The lowest BCUT2D eigenvalue weighted by atomic mass is 10.1. The van der Waals surface area contributed by atoms with Crippen molar-refractivity contribution in [1.82, 2.24) is 4.98 Å². The lowest BCUT2D eigenvalue weighted by molar-refractivity contribution is 0.102. The van der Waals surface area contributed by atoms with E-state index in [0.717, 1.165) is 32.9 Å². The number of anilines is 1. The van der Waals surface area contributed by atoms with Crippen molar-refractivity contribution in [1.29, 1.82) is 0 Å². The molecule has 3 aromatic carbocycles. The topological polar surface area (TPSA) is 42.0 Å². The van der Waals surface area contributed by atoms with Crippen molar-refractivity contribution < 1.29 is 4.79 Å². The Balaban J connectivity index is 1.62. The number of thiazole rings is 1. The van der Waals surface area contributed by atoms with Crippen LogP contribution in [0.25, 0.3) is 20.8 Å². The van der Waals surface area contributed by atoms with E-state index in [9.17, 15) is 4.79 Å². The fraction of sp³-hybridized carbons (Fsp3) is 0.0909. The smallest absolute Gasteiger partial charge is 0.255 e. The summed E-state index contributed by atoms with van der Waals surface area (Å²) in [5.41, 5.74) is 5.59. The quantitative estimate of drug-likeness (QED) is 0.500. The Kier molecular flexibility index (Phi) is 4.27. The predicted molar refractivity (Wildman–Crippen MR) is 109 cm³/mol. The molecule has 0 saturated heterocycles. The summed E-state index contributed by atoms with van der Waals surface area (Å²) < 4.78 is 1.18. The molecule has 0 aliphatic rings. The van der Waals surface area contributed by atoms with Gasteiger partial charge in [0.15, 0.2) is 0 Å². The molecule has 0 bridgehead atoms. The molecule has 0 saturated carbocycles. The number of rotatable bonds is 3. The third-order valence-corrected chi connectivity index (χ3v) is 5.49. The molecule has 3 nitrogen and oxygen atoms in total. The van der Waals surface area contributed by atoms with E-state index in [-0.39, 0.29) is 5.91 Å². The van der Waals surface area contributed by atoms with Crippen LogP contribution in [-0.2, 0) is 0 Å². The molecule has 0 atom stereocenters. The normalized spacial score (nSPS) is 10.8. The van der Waals surface area contributed by atoms with Crippen LogP contribution in [-0.4, -0.2) is 10.9 Å². The molecule has 1 N–H and O–H groups in total. The maximum atomic E-state index is 12.5. The zero-order valence-electron chi connectivity index (χ0n) is 14.6. The summed E-state index contributed by atoms with van der Waals surface area (Å²) in [4.78, 5) is 17.2. The minimum Gasteiger partial charge on any atom is -0.322 e. The fourth-order valence-corrected chi connectivity index (χ4v) is 3.91. The van der Waals surface area contributed by atoms with Gasteiger partial charge in [0.1, 0.15) is 5.01 Å². The van der Waals surface area contributed by atoms with Crippen molar-refractivity contribution in [3.8, 4) is 10.6 Å². The largest absolute Gasteiger partial charge is 0.322 e. The molecule has 0 radical (unpaired) electrons. The van der Waals surface area contributed by atoms with Crippen molar-refractivity contribution in [3.05, 3.63) is 83.4 Å². The standard InChI is InChI=1S/C22H18N2OS/c1-14-7-3-4-8-17(14)21(25)23-18-12-11-16(13-15(18)2)22-24-19-9-5-6-10-20(19)26-22/h3-13H,1-2H3,(H,23,25). The summed E-state index contributed by atoms with van der Waals surface area (Å²) in [5, 5.41) is 4.01. The van der Waals surface area contributed by atoms with Gasteiger partial charge in [0.25, 0.3) is 5.91 Å². The van der Waals surface area contributed by atoms with E-state index in [1.807, 2.05) is 68.4 Å². The summed E-state index contributed by atoms with van der Waals surface area (Å²) in [6.45, 7) is 3.95. The van der Waals surface area contributed by atoms with Crippen LogP contribution < -0.4 is 5.32 Å². The second-order valence-corrected chi connectivity index (χ2v) is 7.32. The Morgan fingerprint density at radius 2 is 1.69 bits per heavy atom. The Hall–Kier alpha value is -2.98. The Morgan fingerprint density at radius 3 is 2.46 bits per heavy atom. The molecule has 4 rings (SSSR count). The van der Waals surface area contributed by atoms with Gasteiger partial charge in [0, 0.05) is 16.8 Å². The maximum Gasteiger partial charge on any atom is 0.255 e. The molecule has 4 aromatic rings. The van der Waals surface area contributed by atoms with Gasteiger partial charge < -0.3 is 5.32 Å². The Morgan fingerprint density at radius 1 is 0.923 bits per heavy atom. The number of nitrogens with one attached hydrogen (secondary N) is 1. The van der Waals surface area contributed by atoms with Gasteiger partial charge in [-0.3, -0.25) is 4.79 Å². The van der Waals surface area contributed by atoms with E-state index in [2.05, 4.69) is 17.4 Å². The van der Waals surface area contributed by atoms with Gasteiger partial charge in [-0.15, -0.1) is 11.3 Å². The van der Waals surface area contributed by atoms with Crippen LogP contribution in [0.5, 0.6) is 0 Å². The highest BCUT2D eigenvalue weighted by Crippen LogP contribution is 2.32. The average Bonchev–Trinajstić information content (AvgIpc) is 3.08. The number of aryl methyl sites for hydroxylation is 2. The second kappa shape index (κ2) is 6.73. The number of amides is 1. The minimum atomic E-state index is -0.0843. The van der Waals surface area contributed by atoms with Crippen LogP contribution in [0.2, 0.25) is 0 Å². The van der Waals surface area contributed by atoms with Crippen LogP contribution in [0, 0.1) is 13.8 Å². The molecular formula is C22H18N2OS. The van der Waals surface area contributed by atoms with Gasteiger partial charge >= 0.3 is 0 Å². The highest BCUT2D eigenvalue weighted by Gasteiger charge is 2.12. The monoisotopic (exact) mass is 358 g/mol. The SMILES string of the molecule is Cc1cc(-c2nc3ccccc3s2)ccc1NC(=O)c1ccccc1C. The van der Waals surface area contributed by atoms with Crippen LogP contribution >= 0.6 is 11.3 Å². The number of hydrogen-bond acceptors (Lipinski definition) is 3. The summed E-state index contributed by atoms with van der Waals surface area (Å²) in [7, 11) is 0. The Labute approximate surface area is 156 Å². The molecule has 0 aliphatic heterocycles. The Bertz CT molecular complexity index is 1080. The molecule has 4 heteroatoms. The first kappa shape index (κ1) is 16.5. The fourth-order valence-electron chi connectivity index (χ4n) is 2.95. The third-order valence-electron chi connectivity index (χ3n) is 4.41. The first-order chi connectivity index (χ1) is 12.6. The molecule has 1 aromatic heterocycles. The third kappa shape index (κ3) is 3.11. The van der Waals surface area contributed by atoms with E-state index in [4.69, 9.17) is 4.98 Å². The average molecular weight is 358 g/mol. The van der Waals surface area contributed by atoms with Crippen molar-refractivity contribution in [3.63, 3.8) is 0 Å². The summed E-state index contributed by atoms with van der Waals surface area (Å²) in [5.74, 6) is -0.0843. The number of para-hydroxylation sites is 1. The number of carbonyl (C=O) groups is 1. The number of nitrogens with zero attached hydrogens (tertiary/aromatic N) is 1. The highest BCUT2D eigenvalue weighted by atomic mass is 32.1. The van der Waals surface area contributed by atoms with E-state index in [1.165, 1.54) is 4.70 Å². The molecule has 128 valence electrons. The zero-order valence-corrected chi connectivity index (χ0v) is 15.4. The molecule has 0 spiro atoms. The van der Waals surface area contributed by atoms with Crippen molar-refractivity contribution >= 4 is 33.1 Å². The number of fused-ring (bicyclic) bond motifs is 1. The molecule has 1 amide bonds. The van der Waals surface area contributed by atoms with E-state index in [0.29, 0.717) is 5.56 Å². The number of aromatic nitrogens is 1. The van der Waals surface area contributed by atoms with Crippen molar-refractivity contribution in [2.24, 2.45) is 0 Å². The predicted octanol–water partition coefficient (Wildman–Crippen LogP) is 5.83. The van der Waals surface area contributed by atoms with Gasteiger partial charge in [-0.25, -0.2) is 4.98 Å². The van der Waals surface area contributed by atoms with E-state index in [1.54, 1.807) is 11.3 Å². The highest BCUT2D eigenvalue weighted by molar-refractivity contribution is 7.21. The van der Waals surface area contributed by atoms with Crippen molar-refractivity contribution in [2.45, 2.75) is 13.8 Å². The van der Waals surface area contributed by atoms with Crippen LogP contribution in [0.4, 0.5) is 5.69 Å². The van der Waals surface area contributed by atoms with Gasteiger partial charge in [-0.05, 0) is 61.4 Å². The van der Waals surface area contributed by atoms with Gasteiger partial charge in [0.05, 0.1) is 10.2 Å². The zero-order chi connectivity index (χ0) is 18.1. The summed E-state index contributed by atoms with van der Waals surface area (Å²) in [6.07, 6.45) is 0. The van der Waals surface area contributed by atoms with Crippen LogP contribution in [0.15, 0.2) is 66.7 Å². The van der Waals surface area contributed by atoms with Crippen molar-refractivity contribution in [2.75, 3.05) is 5.32 Å². The van der Waals surface area contributed by atoms with Gasteiger partial charge in [0.2, 0.25) is 0 Å². The first-order valence-corrected chi connectivity index (χ1v) is 9.27. The maximum absolute atomic E-state index is 12.5. The molecule has 1 heterocycles. The number of benzene rings is 3. The molecule has 26 heavy (non-hydrogen) atoms. The van der Waals surface area contributed by atoms with Crippen LogP contribution in [0.3, 0.4) is 0 Å². The number of hydrogen-bond donors (Lipinski definition) is 1. The first-order valence-electron chi connectivity index (χ1n) is 8.45. The van der Waals surface area contributed by atoms with Crippen LogP contribution in [0.1, 0.15) is 21.5 Å². The molecule has 0 unspecified atom stereocenters. The lowest BCUT2D eigenvalue weighted by Crippen LogP contribution is -2.14. The minimum absolute atomic E-state index is 0.0843. The lowest BCUT2D eigenvalue weighted by Gasteiger charge is -2.11. The summed E-state index contributed by atoms with van der Waals surface area (Å²) >= 11 is 1.68.